The van der Waals surface area contributed by atoms with Crippen LogP contribution in [0.25, 0.3) is 0 Å². The highest BCUT2D eigenvalue weighted by molar-refractivity contribution is 5.32. The first-order chi connectivity index (χ1) is 4.81. The summed E-state index contributed by atoms with van der Waals surface area (Å²) in [5.74, 6) is 0. The fourth-order valence-corrected chi connectivity index (χ4v) is 0.655. The monoisotopic (exact) mass is 147 g/mol. The van der Waals surface area contributed by atoms with Crippen LogP contribution < -0.4 is 0 Å². The van der Waals surface area contributed by atoms with E-state index in [1.54, 1.807) is 0 Å². The van der Waals surface area contributed by atoms with E-state index in [4.69, 9.17) is 14.6 Å². The highest BCUT2D eigenvalue weighted by atomic mass is 16.5. The van der Waals surface area contributed by atoms with Crippen LogP contribution in [0.5, 0.6) is 0 Å². The molecule has 0 bridgehead atoms. The molecule has 1 rings (SSSR count). The average Bonchev–Trinajstić information content (AvgIpc) is 1.91. The summed E-state index contributed by atoms with van der Waals surface area (Å²) in [7, 11) is 2.11. The zero-order valence-corrected chi connectivity index (χ0v) is 6.12. The number of carboxylic acid groups (broad SMARTS) is 1. The number of hydrogen-bond acceptors (Lipinski definition) is 3. The predicted octanol–water partition coefficient (Wildman–Crippen LogP) is -0.351. The van der Waals surface area contributed by atoms with E-state index < -0.39 is 0 Å². The average molecular weight is 147 g/mol. The van der Waals surface area contributed by atoms with Gasteiger partial charge in [0.15, 0.2) is 0 Å². The van der Waals surface area contributed by atoms with Crippen LogP contribution in [0.4, 0.5) is 0 Å². The van der Waals surface area contributed by atoms with Crippen molar-refractivity contribution in [2.75, 3.05) is 33.4 Å². The first-order valence-electron chi connectivity index (χ1n) is 3.15. The molecule has 0 aromatic heterocycles. The van der Waals surface area contributed by atoms with Crippen molar-refractivity contribution in [1.82, 2.24) is 4.90 Å². The molecule has 4 heteroatoms. The lowest BCUT2D eigenvalue weighted by atomic mass is 10.5. The van der Waals surface area contributed by atoms with Crippen LogP contribution in [0.2, 0.25) is 0 Å². The van der Waals surface area contributed by atoms with Gasteiger partial charge in [-0.3, -0.25) is 4.79 Å². The number of nitrogens with zero attached hydrogens (tertiary/aromatic N) is 1. The summed E-state index contributed by atoms with van der Waals surface area (Å²) >= 11 is 0. The van der Waals surface area contributed by atoms with Crippen molar-refractivity contribution in [2.24, 2.45) is 0 Å². The standard InChI is InChI=1S/C5H11NO.CH2O2/c1-6-2-4-7-5-3-6;2-1-3/h2-5H2,1H3;1H,(H,2,3). The Morgan fingerprint density at radius 3 is 2.10 bits per heavy atom. The van der Waals surface area contributed by atoms with Gasteiger partial charge in [-0.25, -0.2) is 0 Å². The van der Waals surface area contributed by atoms with Gasteiger partial charge in [0, 0.05) is 13.1 Å². The molecule has 0 unspecified atom stereocenters. The van der Waals surface area contributed by atoms with Crippen molar-refractivity contribution in [3.05, 3.63) is 0 Å². The molecular weight excluding hydrogens is 134 g/mol. The molecule has 0 aromatic carbocycles. The quantitative estimate of drug-likeness (QED) is 0.476. The van der Waals surface area contributed by atoms with Gasteiger partial charge < -0.3 is 14.7 Å². The molecule has 60 valence electrons. The topological polar surface area (TPSA) is 49.8 Å². The second kappa shape index (κ2) is 6.51. The highest BCUT2D eigenvalue weighted by Gasteiger charge is 2.02. The van der Waals surface area contributed by atoms with Crippen molar-refractivity contribution < 1.29 is 14.6 Å². The molecule has 1 aliphatic rings. The minimum atomic E-state index is -0.250. The Balaban J connectivity index is 0.000000236. The van der Waals surface area contributed by atoms with Gasteiger partial charge in [-0.1, -0.05) is 0 Å². The second-order valence-electron chi connectivity index (χ2n) is 2.02. The van der Waals surface area contributed by atoms with Gasteiger partial charge in [0.2, 0.25) is 0 Å². The predicted molar refractivity (Wildman–Crippen MR) is 37.0 cm³/mol. The van der Waals surface area contributed by atoms with Crippen LogP contribution in [-0.2, 0) is 9.53 Å². The maximum Gasteiger partial charge on any atom is 0.290 e. The first kappa shape index (κ1) is 9.39. The maximum atomic E-state index is 8.36. The summed E-state index contributed by atoms with van der Waals surface area (Å²) < 4.78 is 5.10. The zero-order chi connectivity index (χ0) is 7.82. The fraction of sp³-hybridized carbons (Fsp3) is 0.833. The summed E-state index contributed by atoms with van der Waals surface area (Å²) in [4.78, 5) is 10.6. The van der Waals surface area contributed by atoms with Gasteiger partial charge in [0.05, 0.1) is 13.2 Å². The highest BCUT2D eigenvalue weighted by Crippen LogP contribution is 1.89. The first-order valence-corrected chi connectivity index (χ1v) is 3.15. The molecule has 1 aliphatic heterocycles. The number of hydrogen-bond donors (Lipinski definition) is 1. The lowest BCUT2D eigenvalue weighted by Gasteiger charge is -2.21. The Morgan fingerprint density at radius 1 is 1.50 bits per heavy atom. The summed E-state index contributed by atoms with van der Waals surface area (Å²) in [6, 6.07) is 0. The van der Waals surface area contributed by atoms with Crippen molar-refractivity contribution in [3.8, 4) is 0 Å². The summed E-state index contributed by atoms with van der Waals surface area (Å²) in [5, 5.41) is 6.89. The Kier molecular flexibility index (Phi) is 6.11. The molecule has 1 heterocycles. The van der Waals surface area contributed by atoms with E-state index in [-0.39, 0.29) is 6.47 Å². The van der Waals surface area contributed by atoms with E-state index >= 15 is 0 Å². The van der Waals surface area contributed by atoms with E-state index in [1.165, 1.54) is 0 Å². The van der Waals surface area contributed by atoms with Crippen molar-refractivity contribution in [1.29, 1.82) is 0 Å². The summed E-state index contributed by atoms with van der Waals surface area (Å²) in [5.41, 5.74) is 0. The van der Waals surface area contributed by atoms with Gasteiger partial charge in [0.1, 0.15) is 0 Å². The van der Waals surface area contributed by atoms with E-state index in [0.717, 1.165) is 26.3 Å². The van der Waals surface area contributed by atoms with Crippen LogP contribution in [-0.4, -0.2) is 49.8 Å². The van der Waals surface area contributed by atoms with Crippen LogP contribution >= 0.6 is 0 Å². The third kappa shape index (κ3) is 5.53. The Hall–Kier alpha value is -0.610. The van der Waals surface area contributed by atoms with Crippen LogP contribution in [0, 0.1) is 0 Å². The maximum absolute atomic E-state index is 8.36. The second-order valence-corrected chi connectivity index (χ2v) is 2.02. The summed E-state index contributed by atoms with van der Waals surface area (Å²) in [6.07, 6.45) is 0. The van der Waals surface area contributed by atoms with Gasteiger partial charge in [-0.15, -0.1) is 0 Å². The van der Waals surface area contributed by atoms with Crippen LogP contribution in [0.3, 0.4) is 0 Å². The normalized spacial score (nSPS) is 18.9. The molecule has 0 atom stereocenters. The number of likely N-dealkylation sites (N-methyl/N-ethyl adjacent to an activating group) is 1. The van der Waals surface area contributed by atoms with Gasteiger partial charge in [0.25, 0.3) is 6.47 Å². The zero-order valence-electron chi connectivity index (χ0n) is 6.12. The molecule has 0 radical (unpaired) electrons. The molecule has 0 aliphatic carbocycles. The molecule has 10 heavy (non-hydrogen) atoms. The Morgan fingerprint density at radius 2 is 1.90 bits per heavy atom. The smallest absolute Gasteiger partial charge is 0.290 e. The third-order valence-electron chi connectivity index (χ3n) is 1.23. The van der Waals surface area contributed by atoms with Crippen molar-refractivity contribution in [2.45, 2.75) is 0 Å². The van der Waals surface area contributed by atoms with Crippen molar-refractivity contribution in [3.63, 3.8) is 0 Å². The molecule has 0 saturated carbocycles. The van der Waals surface area contributed by atoms with Crippen molar-refractivity contribution >= 4 is 6.47 Å². The Bertz CT molecular complexity index is 81.1. The molecule has 0 amide bonds. The molecular formula is C6H13NO3. The molecule has 4 nitrogen and oxygen atoms in total. The van der Waals surface area contributed by atoms with Gasteiger partial charge >= 0.3 is 0 Å². The fourth-order valence-electron chi connectivity index (χ4n) is 0.655. The Labute approximate surface area is 60.4 Å². The molecule has 0 aromatic rings. The lowest BCUT2D eigenvalue weighted by Crippen LogP contribution is -2.32. The molecule has 1 saturated heterocycles. The van der Waals surface area contributed by atoms with Gasteiger partial charge in [-0.2, -0.15) is 0 Å². The largest absolute Gasteiger partial charge is 0.483 e. The van der Waals surface area contributed by atoms with E-state index in [9.17, 15) is 0 Å². The third-order valence-corrected chi connectivity index (χ3v) is 1.23. The van der Waals surface area contributed by atoms with E-state index in [0.29, 0.717) is 0 Å². The lowest BCUT2D eigenvalue weighted by molar-refractivity contribution is -0.122. The van der Waals surface area contributed by atoms with E-state index in [2.05, 4.69) is 11.9 Å². The number of carbonyl (C=O) groups is 1. The number of rotatable bonds is 0. The SMILES string of the molecule is CN1CCOCC1.O=CO. The van der Waals surface area contributed by atoms with Crippen LogP contribution in [0.1, 0.15) is 0 Å². The molecule has 1 N–H and O–H groups in total. The van der Waals surface area contributed by atoms with Gasteiger partial charge in [-0.05, 0) is 7.05 Å². The molecule has 1 fully saturated rings. The minimum absolute atomic E-state index is 0.250. The van der Waals surface area contributed by atoms with E-state index in [1.807, 2.05) is 0 Å². The molecule has 0 spiro atoms. The number of ether oxygens (including phenoxy) is 1. The summed E-state index contributed by atoms with van der Waals surface area (Å²) in [6.45, 7) is 3.77. The number of morpholine rings is 1. The minimum Gasteiger partial charge on any atom is -0.483 e. The van der Waals surface area contributed by atoms with Crippen LogP contribution in [0.15, 0.2) is 0 Å².